The van der Waals surface area contributed by atoms with E-state index in [2.05, 4.69) is 43.4 Å². The Hall–Kier alpha value is -1.00. The molecule has 1 aromatic carbocycles. The van der Waals surface area contributed by atoms with Gasteiger partial charge < -0.3 is 10.2 Å². The number of hydrogen-bond acceptors (Lipinski definition) is 3. The summed E-state index contributed by atoms with van der Waals surface area (Å²) in [6, 6.07) is 8.44. The lowest BCUT2D eigenvalue weighted by atomic mass is 10.2. The number of hydrogen-bond donors (Lipinski definition) is 1. The van der Waals surface area contributed by atoms with Gasteiger partial charge in [0.05, 0.1) is 5.75 Å². The lowest BCUT2D eigenvalue weighted by molar-refractivity contribution is -0.127. The molecular formula is C17H28N2OS. The van der Waals surface area contributed by atoms with Crippen molar-refractivity contribution in [1.82, 2.24) is 10.2 Å². The number of amides is 1. The van der Waals surface area contributed by atoms with E-state index in [0.717, 1.165) is 26.2 Å². The van der Waals surface area contributed by atoms with Gasteiger partial charge in [-0.15, -0.1) is 11.8 Å². The van der Waals surface area contributed by atoms with Gasteiger partial charge in [0.2, 0.25) is 5.91 Å². The summed E-state index contributed by atoms with van der Waals surface area (Å²) >= 11 is 1.62. The fourth-order valence-corrected chi connectivity index (χ4v) is 2.95. The zero-order valence-corrected chi connectivity index (χ0v) is 14.5. The Bertz CT molecular complexity index is 431. The first-order chi connectivity index (χ1) is 10.1. The first-order valence-electron chi connectivity index (χ1n) is 7.77. The van der Waals surface area contributed by atoms with Gasteiger partial charge in [-0.25, -0.2) is 0 Å². The fourth-order valence-electron chi connectivity index (χ4n) is 2.06. The summed E-state index contributed by atoms with van der Waals surface area (Å²) < 4.78 is 0. The summed E-state index contributed by atoms with van der Waals surface area (Å²) in [5.41, 5.74) is 1.27. The van der Waals surface area contributed by atoms with Gasteiger partial charge in [-0.3, -0.25) is 4.79 Å². The van der Waals surface area contributed by atoms with E-state index in [4.69, 9.17) is 0 Å². The molecule has 0 atom stereocenters. The Morgan fingerprint density at radius 2 is 2.00 bits per heavy atom. The molecule has 21 heavy (non-hydrogen) atoms. The zero-order chi connectivity index (χ0) is 15.7. The van der Waals surface area contributed by atoms with Gasteiger partial charge in [0.25, 0.3) is 0 Å². The van der Waals surface area contributed by atoms with Crippen LogP contribution in [-0.4, -0.2) is 36.2 Å². The molecule has 1 N–H and O–H groups in total. The molecule has 4 heteroatoms. The number of rotatable bonds is 9. The van der Waals surface area contributed by atoms with Crippen LogP contribution in [0.5, 0.6) is 0 Å². The topological polar surface area (TPSA) is 32.3 Å². The van der Waals surface area contributed by atoms with Crippen molar-refractivity contribution in [3.05, 3.63) is 29.8 Å². The minimum absolute atomic E-state index is 0.216. The van der Waals surface area contributed by atoms with E-state index in [1.165, 1.54) is 10.5 Å². The van der Waals surface area contributed by atoms with E-state index in [1.54, 1.807) is 11.8 Å². The van der Waals surface area contributed by atoms with Crippen LogP contribution in [0.4, 0.5) is 0 Å². The van der Waals surface area contributed by atoms with Crippen LogP contribution < -0.4 is 5.32 Å². The average molecular weight is 308 g/mol. The second-order valence-corrected chi connectivity index (χ2v) is 6.58. The van der Waals surface area contributed by atoms with Crippen molar-refractivity contribution in [2.75, 3.05) is 25.4 Å². The van der Waals surface area contributed by atoms with E-state index in [1.807, 2.05) is 18.7 Å². The Morgan fingerprint density at radius 1 is 1.29 bits per heavy atom. The van der Waals surface area contributed by atoms with Crippen LogP contribution in [-0.2, 0) is 11.3 Å². The van der Waals surface area contributed by atoms with Crippen molar-refractivity contribution >= 4 is 17.7 Å². The van der Waals surface area contributed by atoms with E-state index in [0.29, 0.717) is 11.7 Å². The second-order valence-electron chi connectivity index (χ2n) is 5.53. The highest BCUT2D eigenvalue weighted by atomic mass is 32.2. The van der Waals surface area contributed by atoms with E-state index < -0.39 is 0 Å². The molecular weight excluding hydrogens is 280 g/mol. The molecule has 0 saturated heterocycles. The molecule has 0 saturated carbocycles. The number of nitrogens with one attached hydrogen (secondary N) is 1. The van der Waals surface area contributed by atoms with Crippen molar-refractivity contribution < 1.29 is 4.79 Å². The van der Waals surface area contributed by atoms with Gasteiger partial charge in [-0.2, -0.15) is 0 Å². The van der Waals surface area contributed by atoms with Crippen LogP contribution in [0.2, 0.25) is 0 Å². The monoisotopic (exact) mass is 308 g/mol. The molecule has 0 bridgehead atoms. The summed E-state index contributed by atoms with van der Waals surface area (Å²) in [7, 11) is 0. The number of nitrogens with zero attached hydrogens (tertiary/aromatic N) is 1. The van der Waals surface area contributed by atoms with Crippen LogP contribution >= 0.6 is 11.8 Å². The molecule has 0 spiro atoms. The molecule has 0 aliphatic heterocycles. The summed E-state index contributed by atoms with van der Waals surface area (Å²) in [6.45, 7) is 11.9. The largest absolute Gasteiger partial charge is 0.343 e. The fraction of sp³-hybridized carbons (Fsp3) is 0.588. The molecule has 0 heterocycles. The SMILES string of the molecule is CCN(CC)C(=O)CSc1cccc(CNCC(C)C)c1. The first kappa shape index (κ1) is 18.1. The van der Waals surface area contributed by atoms with Crippen LogP contribution in [0.15, 0.2) is 29.2 Å². The molecule has 0 aliphatic carbocycles. The van der Waals surface area contributed by atoms with Gasteiger partial charge in [-0.05, 0) is 44.0 Å². The minimum atomic E-state index is 0.216. The van der Waals surface area contributed by atoms with Gasteiger partial charge in [0, 0.05) is 24.5 Å². The third-order valence-electron chi connectivity index (χ3n) is 3.26. The molecule has 3 nitrogen and oxygen atoms in total. The second kappa shape index (κ2) is 9.85. The molecule has 118 valence electrons. The lowest BCUT2D eigenvalue weighted by Gasteiger charge is -2.18. The Morgan fingerprint density at radius 3 is 2.62 bits per heavy atom. The number of benzene rings is 1. The smallest absolute Gasteiger partial charge is 0.232 e. The molecule has 0 aliphatic rings. The van der Waals surface area contributed by atoms with Crippen molar-refractivity contribution in [2.24, 2.45) is 5.92 Å². The molecule has 1 rings (SSSR count). The van der Waals surface area contributed by atoms with Gasteiger partial charge in [0.15, 0.2) is 0 Å². The Balaban J connectivity index is 2.47. The standard InChI is InChI=1S/C17H28N2OS/c1-5-19(6-2)17(20)13-21-16-9-7-8-15(10-16)12-18-11-14(3)4/h7-10,14,18H,5-6,11-13H2,1-4H3. The predicted octanol–water partition coefficient (Wildman–Crippen LogP) is 3.39. The highest BCUT2D eigenvalue weighted by molar-refractivity contribution is 8.00. The Kier molecular flexibility index (Phi) is 8.47. The number of carbonyl (C=O) groups excluding carboxylic acids is 1. The molecule has 1 amide bonds. The lowest BCUT2D eigenvalue weighted by Crippen LogP contribution is -2.31. The highest BCUT2D eigenvalue weighted by Gasteiger charge is 2.09. The average Bonchev–Trinajstić information content (AvgIpc) is 2.46. The quantitative estimate of drug-likeness (QED) is 0.710. The molecule has 0 radical (unpaired) electrons. The molecule has 0 unspecified atom stereocenters. The maximum absolute atomic E-state index is 12.0. The summed E-state index contributed by atoms with van der Waals surface area (Å²) in [4.78, 5) is 15.0. The zero-order valence-electron chi connectivity index (χ0n) is 13.7. The minimum Gasteiger partial charge on any atom is -0.343 e. The van der Waals surface area contributed by atoms with Crippen LogP contribution in [0.1, 0.15) is 33.3 Å². The number of thioether (sulfide) groups is 1. The summed E-state index contributed by atoms with van der Waals surface area (Å²) in [6.07, 6.45) is 0. The predicted molar refractivity (Wildman–Crippen MR) is 91.6 cm³/mol. The Labute approximate surface area is 133 Å². The van der Waals surface area contributed by atoms with Crippen LogP contribution in [0.25, 0.3) is 0 Å². The van der Waals surface area contributed by atoms with E-state index in [-0.39, 0.29) is 5.91 Å². The van der Waals surface area contributed by atoms with Crippen LogP contribution in [0.3, 0.4) is 0 Å². The maximum Gasteiger partial charge on any atom is 0.232 e. The maximum atomic E-state index is 12.0. The third kappa shape index (κ3) is 7.00. The third-order valence-corrected chi connectivity index (χ3v) is 4.24. The summed E-state index contributed by atoms with van der Waals surface area (Å²) in [5.74, 6) is 1.40. The van der Waals surface area contributed by atoms with E-state index in [9.17, 15) is 4.79 Å². The summed E-state index contributed by atoms with van der Waals surface area (Å²) in [5, 5.41) is 3.45. The van der Waals surface area contributed by atoms with Gasteiger partial charge in [0.1, 0.15) is 0 Å². The highest BCUT2D eigenvalue weighted by Crippen LogP contribution is 2.19. The van der Waals surface area contributed by atoms with Gasteiger partial charge in [-0.1, -0.05) is 26.0 Å². The molecule has 0 fully saturated rings. The first-order valence-corrected chi connectivity index (χ1v) is 8.75. The normalized spacial score (nSPS) is 10.9. The van der Waals surface area contributed by atoms with Gasteiger partial charge >= 0.3 is 0 Å². The van der Waals surface area contributed by atoms with Crippen molar-refractivity contribution in [3.63, 3.8) is 0 Å². The van der Waals surface area contributed by atoms with Crippen LogP contribution in [0, 0.1) is 5.92 Å². The molecule has 0 aromatic heterocycles. The van der Waals surface area contributed by atoms with Crippen molar-refractivity contribution in [2.45, 2.75) is 39.1 Å². The van der Waals surface area contributed by atoms with E-state index >= 15 is 0 Å². The van der Waals surface area contributed by atoms with Crippen molar-refractivity contribution in [3.8, 4) is 0 Å². The van der Waals surface area contributed by atoms with Crippen molar-refractivity contribution in [1.29, 1.82) is 0 Å². The number of carbonyl (C=O) groups is 1. The molecule has 1 aromatic rings.